The van der Waals surface area contributed by atoms with Crippen LogP contribution in [0.5, 0.6) is 5.75 Å². The number of ether oxygens (including phenoxy) is 1. The van der Waals surface area contributed by atoms with E-state index in [1.807, 2.05) is 13.0 Å². The van der Waals surface area contributed by atoms with Gasteiger partial charge in [-0.1, -0.05) is 6.07 Å². The van der Waals surface area contributed by atoms with Gasteiger partial charge in [0, 0.05) is 5.56 Å². The molecule has 0 fully saturated rings. The maximum Gasteiger partial charge on any atom is 0.150 e. The standard InChI is InChI=1S/C15H13FO2/c1-10-5-11(7-13(16)6-10)15-4-3-14(18-2)8-12(15)9-17/h3-9H,1-2H3. The normalized spacial score (nSPS) is 10.2. The number of aryl methyl sites for hydroxylation is 1. The van der Waals surface area contributed by atoms with Crippen molar-refractivity contribution >= 4 is 6.29 Å². The van der Waals surface area contributed by atoms with Gasteiger partial charge in [-0.15, -0.1) is 0 Å². The minimum Gasteiger partial charge on any atom is -0.497 e. The van der Waals surface area contributed by atoms with Crippen LogP contribution in [-0.4, -0.2) is 13.4 Å². The molecule has 0 amide bonds. The second-order valence-corrected chi connectivity index (χ2v) is 4.09. The molecule has 0 aliphatic carbocycles. The zero-order valence-electron chi connectivity index (χ0n) is 10.2. The Bertz CT molecular complexity index is 571. The Kier molecular flexibility index (Phi) is 3.42. The largest absolute Gasteiger partial charge is 0.497 e. The molecule has 2 nitrogen and oxygen atoms in total. The Morgan fingerprint density at radius 2 is 1.94 bits per heavy atom. The molecule has 2 aromatic rings. The fourth-order valence-electron chi connectivity index (χ4n) is 1.92. The first-order valence-electron chi connectivity index (χ1n) is 5.55. The van der Waals surface area contributed by atoms with Crippen LogP contribution in [0.15, 0.2) is 36.4 Å². The molecule has 0 unspecified atom stereocenters. The molecule has 0 heterocycles. The van der Waals surface area contributed by atoms with Crippen LogP contribution in [0.4, 0.5) is 4.39 Å². The second-order valence-electron chi connectivity index (χ2n) is 4.09. The van der Waals surface area contributed by atoms with Crippen molar-refractivity contribution in [1.82, 2.24) is 0 Å². The van der Waals surface area contributed by atoms with Gasteiger partial charge in [0.15, 0.2) is 6.29 Å². The van der Waals surface area contributed by atoms with E-state index >= 15 is 0 Å². The van der Waals surface area contributed by atoms with Gasteiger partial charge >= 0.3 is 0 Å². The molecule has 0 N–H and O–H groups in total. The molecule has 0 radical (unpaired) electrons. The lowest BCUT2D eigenvalue weighted by molar-refractivity contribution is 0.112. The predicted octanol–water partition coefficient (Wildman–Crippen LogP) is 3.62. The molecule has 0 aromatic heterocycles. The van der Waals surface area contributed by atoms with Gasteiger partial charge in [0.25, 0.3) is 0 Å². The summed E-state index contributed by atoms with van der Waals surface area (Å²) < 4.78 is 18.4. The first-order valence-corrected chi connectivity index (χ1v) is 5.55. The van der Waals surface area contributed by atoms with Crippen molar-refractivity contribution in [2.75, 3.05) is 7.11 Å². The van der Waals surface area contributed by atoms with Crippen molar-refractivity contribution in [3.05, 3.63) is 53.3 Å². The van der Waals surface area contributed by atoms with Crippen molar-refractivity contribution in [1.29, 1.82) is 0 Å². The molecule has 2 rings (SSSR count). The van der Waals surface area contributed by atoms with Gasteiger partial charge in [0.2, 0.25) is 0 Å². The third-order valence-corrected chi connectivity index (χ3v) is 2.74. The van der Waals surface area contributed by atoms with Gasteiger partial charge in [-0.3, -0.25) is 4.79 Å². The highest BCUT2D eigenvalue weighted by Gasteiger charge is 2.08. The van der Waals surface area contributed by atoms with Crippen molar-refractivity contribution in [3.8, 4) is 16.9 Å². The van der Waals surface area contributed by atoms with E-state index in [9.17, 15) is 9.18 Å². The van der Waals surface area contributed by atoms with E-state index in [4.69, 9.17) is 4.74 Å². The zero-order chi connectivity index (χ0) is 13.1. The van der Waals surface area contributed by atoms with Gasteiger partial charge in [0.1, 0.15) is 11.6 Å². The molecule has 0 aliphatic rings. The van der Waals surface area contributed by atoms with Gasteiger partial charge in [0.05, 0.1) is 7.11 Å². The third kappa shape index (κ3) is 2.40. The first-order chi connectivity index (χ1) is 8.63. The lowest BCUT2D eigenvalue weighted by Crippen LogP contribution is -1.92. The molecule has 92 valence electrons. The molecular weight excluding hydrogens is 231 g/mol. The summed E-state index contributed by atoms with van der Waals surface area (Å²) in [5, 5.41) is 0. The monoisotopic (exact) mass is 244 g/mol. The lowest BCUT2D eigenvalue weighted by atomic mass is 9.98. The fourth-order valence-corrected chi connectivity index (χ4v) is 1.92. The van der Waals surface area contributed by atoms with Crippen molar-refractivity contribution in [2.24, 2.45) is 0 Å². The van der Waals surface area contributed by atoms with Crippen molar-refractivity contribution in [3.63, 3.8) is 0 Å². The van der Waals surface area contributed by atoms with E-state index in [2.05, 4.69) is 0 Å². The molecule has 0 saturated carbocycles. The highest BCUT2D eigenvalue weighted by molar-refractivity contribution is 5.88. The number of methoxy groups -OCH3 is 1. The lowest BCUT2D eigenvalue weighted by Gasteiger charge is -2.08. The number of hydrogen-bond acceptors (Lipinski definition) is 2. The van der Waals surface area contributed by atoms with Crippen LogP contribution in [-0.2, 0) is 0 Å². The van der Waals surface area contributed by atoms with Crippen LogP contribution in [0, 0.1) is 12.7 Å². The minimum absolute atomic E-state index is 0.308. The van der Waals surface area contributed by atoms with E-state index in [-0.39, 0.29) is 5.82 Å². The van der Waals surface area contributed by atoms with Gasteiger partial charge in [-0.2, -0.15) is 0 Å². The minimum atomic E-state index is -0.308. The number of benzene rings is 2. The zero-order valence-corrected chi connectivity index (χ0v) is 10.2. The molecular formula is C15H13FO2. The average molecular weight is 244 g/mol. The quantitative estimate of drug-likeness (QED) is 0.771. The van der Waals surface area contributed by atoms with Crippen LogP contribution < -0.4 is 4.74 Å². The van der Waals surface area contributed by atoms with E-state index in [1.54, 1.807) is 18.2 Å². The molecule has 18 heavy (non-hydrogen) atoms. The molecule has 3 heteroatoms. The van der Waals surface area contributed by atoms with E-state index in [1.165, 1.54) is 19.2 Å². The smallest absolute Gasteiger partial charge is 0.150 e. The highest BCUT2D eigenvalue weighted by Crippen LogP contribution is 2.27. The third-order valence-electron chi connectivity index (χ3n) is 2.74. The number of hydrogen-bond donors (Lipinski definition) is 0. The van der Waals surface area contributed by atoms with Crippen LogP contribution in [0.25, 0.3) is 11.1 Å². The van der Waals surface area contributed by atoms with E-state index in [0.717, 1.165) is 11.8 Å². The second kappa shape index (κ2) is 5.00. The van der Waals surface area contributed by atoms with Crippen molar-refractivity contribution < 1.29 is 13.9 Å². The number of rotatable bonds is 3. The average Bonchev–Trinajstić information content (AvgIpc) is 2.36. The van der Waals surface area contributed by atoms with Gasteiger partial charge in [-0.05, 0) is 53.9 Å². The summed E-state index contributed by atoms with van der Waals surface area (Å²) in [7, 11) is 1.54. The first kappa shape index (κ1) is 12.3. The SMILES string of the molecule is COc1ccc(-c2cc(C)cc(F)c2)c(C=O)c1. The predicted molar refractivity (Wildman–Crippen MR) is 68.5 cm³/mol. The Balaban J connectivity index is 2.59. The summed E-state index contributed by atoms with van der Waals surface area (Å²) in [5.74, 6) is 0.298. The maximum atomic E-state index is 13.4. The van der Waals surface area contributed by atoms with Crippen LogP contribution >= 0.6 is 0 Å². The van der Waals surface area contributed by atoms with E-state index in [0.29, 0.717) is 22.4 Å². The fraction of sp³-hybridized carbons (Fsp3) is 0.133. The Labute approximate surface area is 105 Å². The summed E-state index contributed by atoms with van der Waals surface area (Å²) in [6.07, 6.45) is 0.748. The molecule has 2 aromatic carbocycles. The summed E-state index contributed by atoms with van der Waals surface area (Å²) in [5.41, 5.74) is 2.70. The Morgan fingerprint density at radius 1 is 1.17 bits per heavy atom. The Morgan fingerprint density at radius 3 is 2.56 bits per heavy atom. The maximum absolute atomic E-state index is 13.4. The van der Waals surface area contributed by atoms with Crippen LogP contribution in [0.3, 0.4) is 0 Å². The topological polar surface area (TPSA) is 26.3 Å². The molecule has 0 spiro atoms. The molecule has 0 atom stereocenters. The summed E-state index contributed by atoms with van der Waals surface area (Å²) in [4.78, 5) is 11.1. The number of carbonyl (C=O) groups excluding carboxylic acids is 1. The number of halogens is 1. The van der Waals surface area contributed by atoms with Gasteiger partial charge in [-0.25, -0.2) is 4.39 Å². The van der Waals surface area contributed by atoms with Gasteiger partial charge < -0.3 is 4.74 Å². The van der Waals surface area contributed by atoms with Crippen LogP contribution in [0.1, 0.15) is 15.9 Å². The summed E-state index contributed by atoms with van der Waals surface area (Å²) in [6, 6.07) is 9.87. The van der Waals surface area contributed by atoms with Crippen LogP contribution in [0.2, 0.25) is 0 Å². The van der Waals surface area contributed by atoms with E-state index < -0.39 is 0 Å². The number of carbonyl (C=O) groups is 1. The summed E-state index contributed by atoms with van der Waals surface area (Å²) in [6.45, 7) is 1.82. The Hall–Kier alpha value is -2.16. The highest BCUT2D eigenvalue weighted by atomic mass is 19.1. The number of aldehydes is 1. The summed E-state index contributed by atoms with van der Waals surface area (Å²) >= 11 is 0. The molecule has 0 bridgehead atoms. The van der Waals surface area contributed by atoms with Crippen molar-refractivity contribution in [2.45, 2.75) is 6.92 Å². The molecule has 0 saturated heterocycles. The molecule has 0 aliphatic heterocycles.